The summed E-state index contributed by atoms with van der Waals surface area (Å²) >= 11 is 7.09. The highest BCUT2D eigenvalue weighted by Crippen LogP contribution is 2.34. The Hall–Kier alpha value is -0.0900. The van der Waals surface area contributed by atoms with E-state index in [1.807, 2.05) is 6.20 Å². The van der Waals surface area contributed by atoms with Crippen molar-refractivity contribution >= 4 is 37.7 Å². The van der Waals surface area contributed by atoms with Crippen LogP contribution in [-0.4, -0.2) is 22.9 Å². The number of nitrogens with zero attached hydrogens (tertiary/aromatic N) is 2. The number of hydrogen-bond donors (Lipinski definition) is 0. The van der Waals surface area contributed by atoms with Crippen LogP contribution in [-0.2, 0) is 0 Å². The first-order valence-electron chi connectivity index (χ1n) is 5.17. The quantitative estimate of drug-likeness (QED) is 0.784. The van der Waals surface area contributed by atoms with Gasteiger partial charge in [0.2, 0.25) is 0 Å². The summed E-state index contributed by atoms with van der Waals surface area (Å²) in [5.74, 6) is 1.09. The maximum atomic E-state index is 4.52. The van der Waals surface area contributed by atoms with Crippen LogP contribution in [0.1, 0.15) is 18.4 Å². The lowest BCUT2D eigenvalue weighted by atomic mass is 10.3. The molecule has 4 heteroatoms. The van der Waals surface area contributed by atoms with Crippen molar-refractivity contribution in [3.8, 4) is 0 Å². The van der Waals surface area contributed by atoms with Crippen LogP contribution in [0.3, 0.4) is 0 Å². The molecule has 0 atom stereocenters. The Kier molecular flexibility index (Phi) is 3.67. The smallest absolute Gasteiger partial charge is 0.143 e. The number of anilines is 1. The molecular weight excluding hydrogens is 320 g/mol. The van der Waals surface area contributed by atoms with E-state index in [9.17, 15) is 0 Å². The SMILES string of the molecule is Cc1cnc(N(CCBr)C2CC2)c(Br)c1. The van der Waals surface area contributed by atoms with Gasteiger partial charge in [0, 0.05) is 24.1 Å². The van der Waals surface area contributed by atoms with Gasteiger partial charge in [-0.3, -0.25) is 0 Å². The zero-order valence-electron chi connectivity index (χ0n) is 8.71. The molecule has 1 saturated carbocycles. The monoisotopic (exact) mass is 332 g/mol. The Bertz CT molecular complexity index is 350. The molecular formula is C11H14Br2N2. The summed E-state index contributed by atoms with van der Waals surface area (Å²) in [5.41, 5.74) is 1.19. The first kappa shape index (κ1) is 11.4. The number of aromatic nitrogens is 1. The van der Waals surface area contributed by atoms with Crippen LogP contribution in [0.25, 0.3) is 0 Å². The molecule has 0 amide bonds. The van der Waals surface area contributed by atoms with Gasteiger partial charge in [-0.2, -0.15) is 0 Å². The zero-order valence-corrected chi connectivity index (χ0v) is 11.9. The Morgan fingerprint density at radius 1 is 1.53 bits per heavy atom. The Morgan fingerprint density at radius 2 is 2.27 bits per heavy atom. The summed E-state index contributed by atoms with van der Waals surface area (Å²) in [6.45, 7) is 3.09. The molecule has 1 aliphatic carbocycles. The Labute approximate surface area is 107 Å². The highest BCUT2D eigenvalue weighted by molar-refractivity contribution is 9.10. The Morgan fingerprint density at radius 3 is 2.80 bits per heavy atom. The van der Waals surface area contributed by atoms with Crippen LogP contribution in [0.2, 0.25) is 0 Å². The number of aryl methyl sites for hydroxylation is 1. The molecule has 0 spiro atoms. The second-order valence-corrected chi connectivity index (χ2v) is 5.58. The van der Waals surface area contributed by atoms with Gasteiger partial charge in [-0.25, -0.2) is 4.98 Å². The number of alkyl halides is 1. The van der Waals surface area contributed by atoms with Crippen molar-refractivity contribution in [2.24, 2.45) is 0 Å². The van der Waals surface area contributed by atoms with Crippen molar-refractivity contribution in [3.05, 3.63) is 22.3 Å². The predicted molar refractivity (Wildman–Crippen MR) is 70.8 cm³/mol. The Balaban J connectivity index is 2.24. The van der Waals surface area contributed by atoms with Gasteiger partial charge in [0.25, 0.3) is 0 Å². The second kappa shape index (κ2) is 4.83. The van der Waals surface area contributed by atoms with E-state index in [0.717, 1.165) is 22.2 Å². The van der Waals surface area contributed by atoms with Crippen molar-refractivity contribution in [1.82, 2.24) is 4.98 Å². The van der Waals surface area contributed by atoms with E-state index in [-0.39, 0.29) is 0 Å². The highest BCUT2D eigenvalue weighted by atomic mass is 79.9. The third-order valence-corrected chi connectivity index (χ3v) is 3.48. The third-order valence-electron chi connectivity index (χ3n) is 2.54. The summed E-state index contributed by atoms with van der Waals surface area (Å²) in [6, 6.07) is 2.83. The van der Waals surface area contributed by atoms with Crippen LogP contribution in [0.15, 0.2) is 16.7 Å². The summed E-state index contributed by atoms with van der Waals surface area (Å²) in [5, 5.41) is 0.992. The van der Waals surface area contributed by atoms with Crippen LogP contribution in [0, 0.1) is 6.92 Å². The average Bonchev–Trinajstić information content (AvgIpc) is 2.98. The van der Waals surface area contributed by atoms with Gasteiger partial charge in [-0.1, -0.05) is 15.9 Å². The van der Waals surface area contributed by atoms with Crippen LogP contribution in [0.4, 0.5) is 5.82 Å². The molecule has 0 N–H and O–H groups in total. The number of rotatable bonds is 4. The van der Waals surface area contributed by atoms with Gasteiger partial charge in [-0.05, 0) is 47.3 Å². The lowest BCUT2D eigenvalue weighted by Crippen LogP contribution is -2.28. The number of hydrogen-bond acceptors (Lipinski definition) is 2. The fraction of sp³-hybridized carbons (Fsp3) is 0.545. The van der Waals surface area contributed by atoms with E-state index in [2.05, 4.69) is 54.7 Å². The second-order valence-electron chi connectivity index (χ2n) is 3.93. The molecule has 1 aliphatic rings. The molecule has 1 aromatic heterocycles. The molecule has 0 aromatic carbocycles. The van der Waals surface area contributed by atoms with Gasteiger partial charge in [-0.15, -0.1) is 0 Å². The molecule has 1 aromatic rings. The first-order valence-corrected chi connectivity index (χ1v) is 7.08. The normalized spacial score (nSPS) is 15.4. The molecule has 0 unspecified atom stereocenters. The maximum absolute atomic E-state index is 4.52. The van der Waals surface area contributed by atoms with Crippen LogP contribution < -0.4 is 4.90 Å². The highest BCUT2D eigenvalue weighted by Gasteiger charge is 2.30. The standard InChI is InChI=1S/C11H14Br2N2/c1-8-6-10(13)11(14-7-8)15(5-4-12)9-2-3-9/h6-7,9H,2-5H2,1H3. The fourth-order valence-electron chi connectivity index (χ4n) is 1.68. The minimum absolute atomic E-state index is 0.703. The van der Waals surface area contributed by atoms with E-state index in [1.165, 1.54) is 18.4 Å². The largest absolute Gasteiger partial charge is 0.352 e. The third kappa shape index (κ3) is 2.72. The molecule has 1 heterocycles. The molecule has 0 saturated heterocycles. The molecule has 2 nitrogen and oxygen atoms in total. The maximum Gasteiger partial charge on any atom is 0.143 e. The molecule has 2 rings (SSSR count). The van der Waals surface area contributed by atoms with Crippen LogP contribution in [0.5, 0.6) is 0 Å². The van der Waals surface area contributed by atoms with Gasteiger partial charge in [0.05, 0.1) is 4.47 Å². The summed E-state index contributed by atoms with van der Waals surface area (Å²) in [6.07, 6.45) is 4.54. The fourth-order valence-corrected chi connectivity index (χ4v) is 2.75. The van der Waals surface area contributed by atoms with Crippen molar-refractivity contribution in [2.45, 2.75) is 25.8 Å². The van der Waals surface area contributed by atoms with E-state index < -0.39 is 0 Å². The van der Waals surface area contributed by atoms with E-state index in [4.69, 9.17) is 0 Å². The van der Waals surface area contributed by atoms with Gasteiger partial charge < -0.3 is 4.90 Å². The van der Waals surface area contributed by atoms with Crippen molar-refractivity contribution in [3.63, 3.8) is 0 Å². The molecule has 0 aliphatic heterocycles. The average molecular weight is 334 g/mol. The molecule has 15 heavy (non-hydrogen) atoms. The molecule has 0 radical (unpaired) electrons. The van der Waals surface area contributed by atoms with E-state index in [1.54, 1.807) is 0 Å². The topological polar surface area (TPSA) is 16.1 Å². The number of halogens is 2. The summed E-state index contributed by atoms with van der Waals surface area (Å²) < 4.78 is 1.11. The summed E-state index contributed by atoms with van der Waals surface area (Å²) in [7, 11) is 0. The minimum Gasteiger partial charge on any atom is -0.352 e. The van der Waals surface area contributed by atoms with Gasteiger partial charge in [0.15, 0.2) is 0 Å². The van der Waals surface area contributed by atoms with E-state index >= 15 is 0 Å². The lowest BCUT2D eigenvalue weighted by molar-refractivity contribution is 0.812. The first-order chi connectivity index (χ1) is 7.22. The number of pyridine rings is 1. The molecule has 0 bridgehead atoms. The molecule has 1 fully saturated rings. The summed E-state index contributed by atoms with van der Waals surface area (Å²) in [4.78, 5) is 6.90. The van der Waals surface area contributed by atoms with Crippen LogP contribution >= 0.6 is 31.9 Å². The van der Waals surface area contributed by atoms with E-state index in [0.29, 0.717) is 6.04 Å². The van der Waals surface area contributed by atoms with Gasteiger partial charge in [0.1, 0.15) is 5.82 Å². The predicted octanol–water partition coefficient (Wildman–Crippen LogP) is 3.52. The lowest BCUT2D eigenvalue weighted by Gasteiger charge is -2.23. The zero-order chi connectivity index (χ0) is 10.8. The van der Waals surface area contributed by atoms with Crippen molar-refractivity contribution in [1.29, 1.82) is 0 Å². The van der Waals surface area contributed by atoms with Crippen molar-refractivity contribution < 1.29 is 0 Å². The molecule has 82 valence electrons. The van der Waals surface area contributed by atoms with Gasteiger partial charge >= 0.3 is 0 Å². The van der Waals surface area contributed by atoms with Crippen molar-refractivity contribution in [2.75, 3.05) is 16.8 Å². The minimum atomic E-state index is 0.703.